The zero-order chi connectivity index (χ0) is 22.7. The lowest BCUT2D eigenvalue weighted by Gasteiger charge is -2.39. The van der Waals surface area contributed by atoms with E-state index in [2.05, 4.69) is 29.3 Å². The molecule has 2 amide bonds. The minimum Gasteiger partial charge on any atom is -0.368 e. The fourth-order valence-corrected chi connectivity index (χ4v) is 4.47. The van der Waals surface area contributed by atoms with Crippen molar-refractivity contribution in [3.8, 4) is 0 Å². The van der Waals surface area contributed by atoms with Crippen molar-refractivity contribution in [2.45, 2.75) is 25.9 Å². The lowest BCUT2D eigenvalue weighted by molar-refractivity contribution is -0.139. The van der Waals surface area contributed by atoms with Crippen LogP contribution in [0.25, 0.3) is 0 Å². The molecular weight excluding hydrogens is 414 g/mol. The fourth-order valence-electron chi connectivity index (χ4n) is 4.47. The number of hydrogen-bond donors (Lipinski definition) is 1. The number of hydrogen-bond acceptors (Lipinski definition) is 4. The van der Waals surface area contributed by atoms with Crippen molar-refractivity contribution >= 4 is 17.5 Å². The van der Waals surface area contributed by atoms with Gasteiger partial charge in [-0.15, -0.1) is 0 Å². The summed E-state index contributed by atoms with van der Waals surface area (Å²) in [5.74, 6) is -2.17. The number of piperazine rings is 2. The molecule has 2 aliphatic heterocycles. The van der Waals surface area contributed by atoms with E-state index in [1.54, 1.807) is 9.80 Å². The van der Waals surface area contributed by atoms with E-state index in [-0.39, 0.29) is 30.3 Å². The van der Waals surface area contributed by atoms with Crippen LogP contribution in [0.5, 0.6) is 0 Å². The fraction of sp³-hybridized carbons (Fsp3) is 0.417. The molecule has 2 heterocycles. The van der Waals surface area contributed by atoms with Crippen molar-refractivity contribution in [1.29, 1.82) is 0 Å². The number of para-hydroxylation sites is 1. The largest absolute Gasteiger partial charge is 0.368 e. The van der Waals surface area contributed by atoms with Gasteiger partial charge in [-0.3, -0.25) is 14.5 Å². The standard InChI is InChI=1S/C24H28F2N4O2/c1-17-5-2-3-8-20(17)28-11-13-29(14-12-28)22(31)15-21-24(32)27-9-10-30(21)16-18-6-4-7-19(25)23(18)26/h2-8,21H,9-16H2,1H3,(H,27,32)/t21-/m1/s1. The number of nitrogens with zero attached hydrogens (tertiary/aromatic N) is 3. The van der Waals surface area contributed by atoms with Crippen LogP contribution < -0.4 is 10.2 Å². The summed E-state index contributed by atoms with van der Waals surface area (Å²) in [7, 11) is 0. The molecule has 8 heteroatoms. The average molecular weight is 443 g/mol. The number of aryl methyl sites for hydroxylation is 1. The van der Waals surface area contributed by atoms with E-state index in [1.165, 1.54) is 23.4 Å². The van der Waals surface area contributed by atoms with Gasteiger partial charge in [0.1, 0.15) is 0 Å². The minimum absolute atomic E-state index is 0.0210. The van der Waals surface area contributed by atoms with Gasteiger partial charge in [-0.1, -0.05) is 30.3 Å². The van der Waals surface area contributed by atoms with Crippen LogP contribution in [-0.2, 0) is 16.1 Å². The number of benzene rings is 2. The van der Waals surface area contributed by atoms with Crippen LogP contribution in [0.1, 0.15) is 17.5 Å². The highest BCUT2D eigenvalue weighted by atomic mass is 19.2. The highest BCUT2D eigenvalue weighted by molar-refractivity contribution is 5.89. The number of carbonyl (C=O) groups is 2. The molecule has 170 valence electrons. The molecule has 4 rings (SSSR count). The Bertz CT molecular complexity index is 992. The lowest BCUT2D eigenvalue weighted by atomic mass is 10.1. The molecule has 0 aliphatic carbocycles. The predicted octanol–water partition coefficient (Wildman–Crippen LogP) is 2.31. The minimum atomic E-state index is -0.914. The second-order valence-electron chi connectivity index (χ2n) is 8.35. The molecule has 2 aliphatic rings. The SMILES string of the molecule is Cc1ccccc1N1CCN(C(=O)C[C@@H]2C(=O)NCCN2Cc2cccc(F)c2F)CC1. The Hall–Kier alpha value is -3.00. The Labute approximate surface area is 186 Å². The van der Waals surface area contributed by atoms with Gasteiger partial charge in [-0.25, -0.2) is 8.78 Å². The third-order valence-electron chi connectivity index (χ3n) is 6.30. The average Bonchev–Trinajstić information content (AvgIpc) is 2.79. The van der Waals surface area contributed by atoms with Crippen LogP contribution in [0.15, 0.2) is 42.5 Å². The molecule has 32 heavy (non-hydrogen) atoms. The van der Waals surface area contributed by atoms with Crippen molar-refractivity contribution in [1.82, 2.24) is 15.1 Å². The molecule has 2 aromatic carbocycles. The van der Waals surface area contributed by atoms with Gasteiger partial charge in [0.2, 0.25) is 11.8 Å². The molecule has 1 atom stereocenters. The van der Waals surface area contributed by atoms with Crippen LogP contribution in [-0.4, -0.2) is 66.9 Å². The molecule has 2 fully saturated rings. The van der Waals surface area contributed by atoms with Crippen molar-refractivity contribution < 1.29 is 18.4 Å². The van der Waals surface area contributed by atoms with Gasteiger partial charge in [0.05, 0.1) is 12.5 Å². The quantitative estimate of drug-likeness (QED) is 0.772. The van der Waals surface area contributed by atoms with Crippen molar-refractivity contribution in [3.05, 3.63) is 65.2 Å². The Morgan fingerprint density at radius 3 is 2.53 bits per heavy atom. The Morgan fingerprint density at radius 2 is 1.78 bits per heavy atom. The molecular formula is C24H28F2N4O2. The van der Waals surface area contributed by atoms with Crippen molar-refractivity contribution in [2.75, 3.05) is 44.2 Å². The van der Waals surface area contributed by atoms with E-state index < -0.39 is 17.7 Å². The maximum absolute atomic E-state index is 14.2. The Balaban J connectivity index is 1.39. The molecule has 0 saturated carbocycles. The number of anilines is 1. The zero-order valence-electron chi connectivity index (χ0n) is 18.2. The molecule has 0 aromatic heterocycles. The summed E-state index contributed by atoms with van der Waals surface area (Å²) in [4.78, 5) is 31.4. The van der Waals surface area contributed by atoms with E-state index >= 15 is 0 Å². The summed E-state index contributed by atoms with van der Waals surface area (Å²) in [6.45, 7) is 5.66. The number of rotatable bonds is 5. The van der Waals surface area contributed by atoms with Crippen LogP contribution in [0.3, 0.4) is 0 Å². The Kier molecular flexibility index (Phi) is 6.69. The normalized spacial score (nSPS) is 19.7. The first-order valence-corrected chi connectivity index (χ1v) is 11.0. The van der Waals surface area contributed by atoms with Crippen LogP contribution >= 0.6 is 0 Å². The molecule has 0 radical (unpaired) electrons. The van der Waals surface area contributed by atoms with Gasteiger partial charge in [-0.2, -0.15) is 0 Å². The van der Waals surface area contributed by atoms with Crippen molar-refractivity contribution in [2.24, 2.45) is 0 Å². The smallest absolute Gasteiger partial charge is 0.237 e. The van der Waals surface area contributed by atoms with E-state index in [4.69, 9.17) is 0 Å². The monoisotopic (exact) mass is 442 g/mol. The first-order chi connectivity index (χ1) is 15.4. The Morgan fingerprint density at radius 1 is 1.03 bits per heavy atom. The van der Waals surface area contributed by atoms with E-state index in [9.17, 15) is 18.4 Å². The topological polar surface area (TPSA) is 55.9 Å². The lowest BCUT2D eigenvalue weighted by Crippen LogP contribution is -2.57. The van der Waals surface area contributed by atoms with E-state index in [0.717, 1.165) is 19.2 Å². The van der Waals surface area contributed by atoms with Gasteiger partial charge in [-0.05, 0) is 24.6 Å². The summed E-state index contributed by atoms with van der Waals surface area (Å²) in [6.07, 6.45) is 0.0210. The highest BCUT2D eigenvalue weighted by Gasteiger charge is 2.34. The summed E-state index contributed by atoms with van der Waals surface area (Å²) in [5, 5.41) is 2.79. The van der Waals surface area contributed by atoms with Gasteiger partial charge >= 0.3 is 0 Å². The third kappa shape index (κ3) is 4.75. The molecule has 0 spiro atoms. The zero-order valence-corrected chi connectivity index (χ0v) is 18.2. The van der Waals surface area contributed by atoms with Crippen LogP contribution in [0, 0.1) is 18.6 Å². The highest BCUT2D eigenvalue weighted by Crippen LogP contribution is 2.22. The van der Waals surface area contributed by atoms with Gasteiger partial charge in [0.25, 0.3) is 0 Å². The molecule has 2 aromatic rings. The van der Waals surface area contributed by atoms with Gasteiger partial charge in [0.15, 0.2) is 11.6 Å². The first-order valence-electron chi connectivity index (χ1n) is 11.0. The summed E-state index contributed by atoms with van der Waals surface area (Å²) >= 11 is 0. The van der Waals surface area contributed by atoms with Crippen LogP contribution in [0.2, 0.25) is 0 Å². The molecule has 1 N–H and O–H groups in total. The maximum atomic E-state index is 14.2. The number of halogens is 2. The summed E-state index contributed by atoms with van der Waals surface area (Å²) in [5.41, 5.74) is 2.56. The molecule has 0 unspecified atom stereocenters. The maximum Gasteiger partial charge on any atom is 0.237 e. The third-order valence-corrected chi connectivity index (χ3v) is 6.30. The number of amides is 2. The number of nitrogens with one attached hydrogen (secondary N) is 1. The second-order valence-corrected chi connectivity index (χ2v) is 8.35. The molecule has 2 saturated heterocycles. The van der Waals surface area contributed by atoms with Gasteiger partial charge < -0.3 is 15.1 Å². The summed E-state index contributed by atoms with van der Waals surface area (Å²) in [6, 6.07) is 11.5. The van der Waals surface area contributed by atoms with E-state index in [1.807, 2.05) is 12.1 Å². The van der Waals surface area contributed by atoms with Crippen LogP contribution in [0.4, 0.5) is 14.5 Å². The first kappa shape index (κ1) is 22.2. The summed E-state index contributed by atoms with van der Waals surface area (Å²) < 4.78 is 27.8. The van der Waals surface area contributed by atoms with E-state index in [0.29, 0.717) is 26.2 Å². The number of carbonyl (C=O) groups excluding carboxylic acids is 2. The van der Waals surface area contributed by atoms with Crippen molar-refractivity contribution in [3.63, 3.8) is 0 Å². The predicted molar refractivity (Wildman–Crippen MR) is 118 cm³/mol. The second kappa shape index (κ2) is 9.65. The molecule has 6 nitrogen and oxygen atoms in total. The molecule has 0 bridgehead atoms. The van der Waals surface area contributed by atoms with Gasteiger partial charge in [0, 0.05) is 57.1 Å².